The van der Waals surface area contributed by atoms with Crippen molar-refractivity contribution >= 4 is 34.8 Å². The number of nitrogens with zero attached hydrogens (tertiary/aromatic N) is 1. The highest BCUT2D eigenvalue weighted by molar-refractivity contribution is 6.66. The number of hydrogen-bond donors (Lipinski definition) is 0. The summed E-state index contributed by atoms with van der Waals surface area (Å²) in [6.07, 6.45) is 0. The van der Waals surface area contributed by atoms with E-state index < -0.39 is 38.2 Å². The van der Waals surface area contributed by atoms with E-state index in [1.807, 2.05) is 0 Å². The van der Waals surface area contributed by atoms with Crippen molar-refractivity contribution in [1.29, 1.82) is 5.26 Å². The molecule has 0 N–H and O–H groups in total. The highest BCUT2D eigenvalue weighted by Gasteiger charge is 2.36. The first-order chi connectivity index (χ1) is 7.21. The molecule has 16 heavy (non-hydrogen) atoms. The van der Waals surface area contributed by atoms with Crippen molar-refractivity contribution in [2.24, 2.45) is 0 Å². The molecule has 0 spiro atoms. The van der Waals surface area contributed by atoms with Crippen LogP contribution in [0.4, 0.5) is 17.6 Å². The SMILES string of the molecule is N#Cc1c(F)c(F)c(F)c(F)c1C(Cl)(Cl)Cl. The first-order valence-corrected chi connectivity index (χ1v) is 4.68. The molecule has 0 bridgehead atoms. The molecule has 0 saturated carbocycles. The zero-order valence-electron chi connectivity index (χ0n) is 7.09. The van der Waals surface area contributed by atoms with E-state index in [0.717, 1.165) is 6.07 Å². The van der Waals surface area contributed by atoms with Crippen LogP contribution in [0, 0.1) is 34.6 Å². The van der Waals surface area contributed by atoms with Gasteiger partial charge in [0, 0.05) is 0 Å². The van der Waals surface area contributed by atoms with Gasteiger partial charge in [0.2, 0.25) is 3.79 Å². The highest BCUT2D eigenvalue weighted by atomic mass is 35.6. The van der Waals surface area contributed by atoms with E-state index in [1.165, 1.54) is 0 Å². The molecule has 1 aromatic carbocycles. The van der Waals surface area contributed by atoms with Crippen LogP contribution in [-0.4, -0.2) is 0 Å². The van der Waals surface area contributed by atoms with Gasteiger partial charge in [0.05, 0.1) is 5.56 Å². The van der Waals surface area contributed by atoms with Gasteiger partial charge in [-0.05, 0) is 0 Å². The number of halogens is 7. The van der Waals surface area contributed by atoms with Gasteiger partial charge in [-0.2, -0.15) is 5.26 Å². The first kappa shape index (κ1) is 13.4. The lowest BCUT2D eigenvalue weighted by atomic mass is 10.1. The molecule has 0 saturated heterocycles. The standard InChI is InChI=1S/C8Cl3F4N/c9-8(10,11)3-2(1-16)4(12)6(14)7(15)5(3)13. The minimum atomic E-state index is -2.58. The minimum Gasteiger partial charge on any atom is -0.203 e. The summed E-state index contributed by atoms with van der Waals surface area (Å²) >= 11 is 15.7. The maximum absolute atomic E-state index is 13.2. The molecule has 0 aliphatic rings. The molecule has 0 aliphatic carbocycles. The van der Waals surface area contributed by atoms with Crippen LogP contribution in [0.2, 0.25) is 0 Å². The van der Waals surface area contributed by atoms with Crippen LogP contribution in [0.3, 0.4) is 0 Å². The van der Waals surface area contributed by atoms with E-state index in [0.29, 0.717) is 0 Å². The lowest BCUT2D eigenvalue weighted by molar-refractivity contribution is 0.403. The van der Waals surface area contributed by atoms with E-state index in [2.05, 4.69) is 0 Å². The van der Waals surface area contributed by atoms with Crippen LogP contribution in [0.5, 0.6) is 0 Å². The molecule has 8 heteroatoms. The maximum atomic E-state index is 13.2. The Labute approximate surface area is 102 Å². The number of benzene rings is 1. The Hall–Kier alpha value is -0.700. The van der Waals surface area contributed by atoms with Crippen molar-refractivity contribution in [3.8, 4) is 6.07 Å². The highest BCUT2D eigenvalue weighted by Crippen LogP contribution is 2.43. The monoisotopic (exact) mass is 291 g/mol. The van der Waals surface area contributed by atoms with Crippen molar-refractivity contribution < 1.29 is 17.6 Å². The minimum absolute atomic E-state index is 1.10. The van der Waals surface area contributed by atoms with Gasteiger partial charge in [0.1, 0.15) is 11.6 Å². The molecule has 0 amide bonds. The summed E-state index contributed by atoms with van der Waals surface area (Å²) in [4.78, 5) is 0. The Morgan fingerprint density at radius 1 is 0.875 bits per heavy atom. The average molecular weight is 292 g/mol. The van der Waals surface area contributed by atoms with Gasteiger partial charge in [-0.1, -0.05) is 34.8 Å². The molecule has 0 aliphatic heterocycles. The number of hydrogen-bond acceptors (Lipinski definition) is 1. The van der Waals surface area contributed by atoms with Gasteiger partial charge in [0.15, 0.2) is 23.3 Å². The Morgan fingerprint density at radius 3 is 1.69 bits per heavy atom. The number of alkyl halides is 3. The molecule has 0 radical (unpaired) electrons. The van der Waals surface area contributed by atoms with Crippen molar-refractivity contribution in [3.05, 3.63) is 34.4 Å². The molecule has 1 nitrogen and oxygen atoms in total. The summed E-state index contributed by atoms with van der Waals surface area (Å²) < 4.78 is 49.2. The summed E-state index contributed by atoms with van der Waals surface area (Å²) in [5.74, 6) is -8.08. The molecule has 0 fully saturated rings. The van der Waals surface area contributed by atoms with Crippen LogP contribution in [0.15, 0.2) is 0 Å². The predicted octanol–water partition coefficient (Wildman–Crippen LogP) is 3.94. The third-order valence-electron chi connectivity index (χ3n) is 1.66. The van der Waals surface area contributed by atoms with E-state index in [9.17, 15) is 17.6 Å². The Bertz CT molecular complexity index is 490. The average Bonchev–Trinajstić information content (AvgIpc) is 2.18. The van der Waals surface area contributed by atoms with Crippen molar-refractivity contribution in [2.75, 3.05) is 0 Å². The first-order valence-electron chi connectivity index (χ1n) is 3.55. The predicted molar refractivity (Wildman–Crippen MR) is 50.2 cm³/mol. The van der Waals surface area contributed by atoms with Gasteiger partial charge in [-0.25, -0.2) is 17.6 Å². The Morgan fingerprint density at radius 2 is 1.31 bits per heavy atom. The lowest BCUT2D eigenvalue weighted by Gasteiger charge is -2.15. The zero-order valence-corrected chi connectivity index (χ0v) is 9.36. The Kier molecular flexibility index (Phi) is 3.58. The molecule has 1 rings (SSSR count). The van der Waals surface area contributed by atoms with Crippen molar-refractivity contribution in [2.45, 2.75) is 3.79 Å². The van der Waals surface area contributed by atoms with E-state index in [4.69, 9.17) is 40.1 Å². The summed E-state index contributed by atoms with van der Waals surface area (Å²) in [6, 6.07) is 1.10. The molecule has 1 aromatic rings. The van der Waals surface area contributed by atoms with Crippen LogP contribution in [0.25, 0.3) is 0 Å². The molecule has 86 valence electrons. The van der Waals surface area contributed by atoms with E-state index in [1.54, 1.807) is 0 Å². The Balaban J connectivity index is 3.81. The van der Waals surface area contributed by atoms with Crippen LogP contribution >= 0.6 is 34.8 Å². The normalized spacial score (nSPS) is 11.4. The topological polar surface area (TPSA) is 23.8 Å². The van der Waals surface area contributed by atoms with Crippen LogP contribution < -0.4 is 0 Å². The van der Waals surface area contributed by atoms with Gasteiger partial charge in [0.25, 0.3) is 0 Å². The van der Waals surface area contributed by atoms with Crippen LogP contribution in [-0.2, 0) is 3.79 Å². The smallest absolute Gasteiger partial charge is 0.203 e. The van der Waals surface area contributed by atoms with Gasteiger partial charge >= 0.3 is 0 Å². The van der Waals surface area contributed by atoms with E-state index >= 15 is 0 Å². The molecule has 0 atom stereocenters. The third-order valence-corrected chi connectivity index (χ3v) is 2.23. The summed E-state index contributed by atoms with van der Waals surface area (Å²) in [7, 11) is 0. The van der Waals surface area contributed by atoms with Gasteiger partial charge in [-0.3, -0.25) is 0 Å². The van der Waals surface area contributed by atoms with Gasteiger partial charge < -0.3 is 0 Å². The molecule has 0 unspecified atom stereocenters. The molecule has 0 heterocycles. The summed E-state index contributed by atoms with van der Waals surface area (Å²) in [6.45, 7) is 0. The lowest BCUT2D eigenvalue weighted by Crippen LogP contribution is -2.13. The molecular weight excluding hydrogens is 292 g/mol. The second-order valence-electron chi connectivity index (χ2n) is 2.62. The third kappa shape index (κ3) is 2.05. The summed E-state index contributed by atoms with van der Waals surface area (Å²) in [5.41, 5.74) is -2.34. The van der Waals surface area contributed by atoms with Crippen molar-refractivity contribution in [3.63, 3.8) is 0 Å². The quantitative estimate of drug-likeness (QED) is 0.307. The maximum Gasteiger partial charge on any atom is 0.220 e. The largest absolute Gasteiger partial charge is 0.220 e. The molecular formula is C8Cl3F4N. The van der Waals surface area contributed by atoms with Crippen LogP contribution in [0.1, 0.15) is 11.1 Å². The fraction of sp³-hybridized carbons (Fsp3) is 0.125. The van der Waals surface area contributed by atoms with Crippen molar-refractivity contribution in [1.82, 2.24) is 0 Å². The fourth-order valence-corrected chi connectivity index (χ4v) is 1.54. The summed E-state index contributed by atoms with van der Waals surface area (Å²) in [5, 5.41) is 8.48. The number of rotatable bonds is 0. The number of nitriles is 1. The fourth-order valence-electron chi connectivity index (χ4n) is 1.00. The second kappa shape index (κ2) is 4.28. The zero-order chi connectivity index (χ0) is 12.7. The van der Waals surface area contributed by atoms with Gasteiger partial charge in [-0.15, -0.1) is 0 Å². The second-order valence-corrected chi connectivity index (χ2v) is 4.90. The van der Waals surface area contributed by atoms with E-state index in [-0.39, 0.29) is 0 Å². The molecule has 0 aromatic heterocycles.